The third-order valence-corrected chi connectivity index (χ3v) is 4.56. The summed E-state index contributed by atoms with van der Waals surface area (Å²) in [5.74, 6) is 0.841. The van der Waals surface area contributed by atoms with Crippen LogP contribution in [0.5, 0.6) is 5.75 Å². The van der Waals surface area contributed by atoms with Gasteiger partial charge < -0.3 is 9.64 Å². The standard InChI is InChI=1S/C21H25NO2/c1-17-6-8-18(9-7-17)19-10-12-20(13-11-19)24-16-21(23)22-14-4-2-3-5-15-22/h6-13H,2-5,14-16H2,1H3. The number of benzene rings is 2. The van der Waals surface area contributed by atoms with E-state index < -0.39 is 0 Å². The first kappa shape index (κ1) is 16.6. The van der Waals surface area contributed by atoms with Crippen molar-refractivity contribution >= 4 is 5.91 Å². The molecule has 1 aliphatic heterocycles. The lowest BCUT2D eigenvalue weighted by Gasteiger charge is -2.20. The molecule has 1 heterocycles. The molecule has 0 unspecified atom stereocenters. The number of rotatable bonds is 4. The Morgan fingerprint density at radius 1 is 0.875 bits per heavy atom. The summed E-state index contributed by atoms with van der Waals surface area (Å²) in [5.41, 5.74) is 3.60. The number of carbonyl (C=O) groups is 1. The normalized spacial score (nSPS) is 15.0. The van der Waals surface area contributed by atoms with Crippen LogP contribution in [-0.4, -0.2) is 30.5 Å². The molecule has 0 aliphatic carbocycles. The average molecular weight is 323 g/mol. The van der Waals surface area contributed by atoms with Gasteiger partial charge in [-0.25, -0.2) is 0 Å². The van der Waals surface area contributed by atoms with Gasteiger partial charge in [0.25, 0.3) is 5.91 Å². The lowest BCUT2D eigenvalue weighted by molar-refractivity contribution is -0.133. The second kappa shape index (κ2) is 8.00. The summed E-state index contributed by atoms with van der Waals surface area (Å²) < 4.78 is 5.68. The second-order valence-electron chi connectivity index (χ2n) is 6.47. The van der Waals surface area contributed by atoms with Crippen LogP contribution >= 0.6 is 0 Å². The summed E-state index contributed by atoms with van der Waals surface area (Å²) in [4.78, 5) is 14.2. The van der Waals surface area contributed by atoms with E-state index in [-0.39, 0.29) is 12.5 Å². The monoisotopic (exact) mass is 323 g/mol. The maximum Gasteiger partial charge on any atom is 0.260 e. The molecule has 0 N–H and O–H groups in total. The number of amides is 1. The van der Waals surface area contributed by atoms with Gasteiger partial charge in [-0.2, -0.15) is 0 Å². The Labute approximate surface area is 144 Å². The van der Waals surface area contributed by atoms with Crippen LogP contribution in [0.4, 0.5) is 0 Å². The van der Waals surface area contributed by atoms with Gasteiger partial charge in [-0.3, -0.25) is 4.79 Å². The first-order chi connectivity index (χ1) is 11.7. The molecular formula is C21H25NO2. The molecule has 0 spiro atoms. The van der Waals surface area contributed by atoms with E-state index in [9.17, 15) is 4.79 Å². The average Bonchev–Trinajstić information content (AvgIpc) is 2.90. The van der Waals surface area contributed by atoms with E-state index in [0.717, 1.165) is 37.2 Å². The van der Waals surface area contributed by atoms with Crippen LogP contribution in [0.2, 0.25) is 0 Å². The van der Waals surface area contributed by atoms with Gasteiger partial charge in [0.05, 0.1) is 0 Å². The fourth-order valence-electron chi connectivity index (χ4n) is 3.05. The molecule has 3 rings (SSSR count). The number of hydrogen-bond donors (Lipinski definition) is 0. The molecule has 1 amide bonds. The zero-order valence-corrected chi connectivity index (χ0v) is 14.3. The van der Waals surface area contributed by atoms with Crippen LogP contribution in [0, 0.1) is 6.92 Å². The van der Waals surface area contributed by atoms with E-state index in [2.05, 4.69) is 31.2 Å². The molecule has 3 heteroatoms. The number of nitrogens with zero attached hydrogens (tertiary/aromatic N) is 1. The van der Waals surface area contributed by atoms with Crippen molar-refractivity contribution < 1.29 is 9.53 Å². The molecule has 3 nitrogen and oxygen atoms in total. The minimum atomic E-state index is 0.0968. The van der Waals surface area contributed by atoms with Crippen molar-refractivity contribution in [3.05, 3.63) is 54.1 Å². The molecule has 0 bridgehead atoms. The van der Waals surface area contributed by atoms with E-state index in [1.54, 1.807) is 0 Å². The summed E-state index contributed by atoms with van der Waals surface area (Å²) in [6.45, 7) is 3.95. The highest BCUT2D eigenvalue weighted by atomic mass is 16.5. The maximum atomic E-state index is 12.2. The van der Waals surface area contributed by atoms with Crippen molar-refractivity contribution in [3.63, 3.8) is 0 Å². The van der Waals surface area contributed by atoms with E-state index in [0.29, 0.717) is 0 Å². The number of likely N-dealkylation sites (tertiary alicyclic amines) is 1. The predicted molar refractivity (Wildman–Crippen MR) is 97.2 cm³/mol. The van der Waals surface area contributed by atoms with Crippen LogP contribution in [0.15, 0.2) is 48.5 Å². The van der Waals surface area contributed by atoms with Gasteiger partial charge in [0.15, 0.2) is 6.61 Å². The minimum absolute atomic E-state index is 0.0968. The van der Waals surface area contributed by atoms with Crippen molar-refractivity contribution in [2.24, 2.45) is 0 Å². The van der Waals surface area contributed by atoms with Gasteiger partial charge in [-0.15, -0.1) is 0 Å². The van der Waals surface area contributed by atoms with Crippen molar-refractivity contribution in [1.29, 1.82) is 0 Å². The molecule has 126 valence electrons. The van der Waals surface area contributed by atoms with Crippen molar-refractivity contribution in [3.8, 4) is 16.9 Å². The Kier molecular flexibility index (Phi) is 5.52. The highest BCUT2D eigenvalue weighted by Gasteiger charge is 2.15. The van der Waals surface area contributed by atoms with Crippen LogP contribution in [0.1, 0.15) is 31.2 Å². The summed E-state index contributed by atoms with van der Waals surface area (Å²) in [6, 6.07) is 16.4. The second-order valence-corrected chi connectivity index (χ2v) is 6.47. The predicted octanol–water partition coefficient (Wildman–Crippen LogP) is 4.44. The molecule has 0 atom stereocenters. The van der Waals surface area contributed by atoms with Gasteiger partial charge in [0, 0.05) is 13.1 Å². The quantitative estimate of drug-likeness (QED) is 0.832. The van der Waals surface area contributed by atoms with Gasteiger partial charge in [-0.1, -0.05) is 54.8 Å². The smallest absolute Gasteiger partial charge is 0.260 e. The zero-order valence-electron chi connectivity index (χ0n) is 14.3. The van der Waals surface area contributed by atoms with Crippen LogP contribution in [0.25, 0.3) is 11.1 Å². The maximum absolute atomic E-state index is 12.2. The molecule has 0 saturated carbocycles. The fourth-order valence-corrected chi connectivity index (χ4v) is 3.05. The van der Waals surface area contributed by atoms with Gasteiger partial charge in [0.2, 0.25) is 0 Å². The van der Waals surface area contributed by atoms with Crippen LogP contribution in [-0.2, 0) is 4.79 Å². The third kappa shape index (κ3) is 4.38. The Morgan fingerprint density at radius 2 is 1.42 bits per heavy atom. The molecule has 0 aromatic heterocycles. The first-order valence-electron chi connectivity index (χ1n) is 8.80. The minimum Gasteiger partial charge on any atom is -0.484 e. The number of carbonyl (C=O) groups excluding carboxylic acids is 1. The highest BCUT2D eigenvalue weighted by Crippen LogP contribution is 2.23. The van der Waals surface area contributed by atoms with Crippen molar-refractivity contribution in [1.82, 2.24) is 4.90 Å². The van der Waals surface area contributed by atoms with Gasteiger partial charge in [0.1, 0.15) is 5.75 Å². The molecular weight excluding hydrogens is 298 g/mol. The topological polar surface area (TPSA) is 29.5 Å². The summed E-state index contributed by atoms with van der Waals surface area (Å²) in [5, 5.41) is 0. The summed E-state index contributed by atoms with van der Waals surface area (Å²) in [7, 11) is 0. The Bertz CT molecular complexity index is 653. The van der Waals surface area contributed by atoms with Gasteiger partial charge in [-0.05, 0) is 43.0 Å². The lowest BCUT2D eigenvalue weighted by Crippen LogP contribution is -2.35. The molecule has 1 fully saturated rings. The summed E-state index contributed by atoms with van der Waals surface area (Å²) >= 11 is 0. The molecule has 24 heavy (non-hydrogen) atoms. The lowest BCUT2D eigenvalue weighted by atomic mass is 10.0. The van der Waals surface area contributed by atoms with E-state index in [4.69, 9.17) is 4.74 Å². The molecule has 2 aromatic rings. The molecule has 1 saturated heterocycles. The number of hydrogen-bond acceptors (Lipinski definition) is 2. The number of aryl methyl sites for hydroxylation is 1. The Balaban J connectivity index is 1.56. The van der Waals surface area contributed by atoms with Gasteiger partial charge >= 0.3 is 0 Å². The van der Waals surface area contributed by atoms with Crippen LogP contribution in [0.3, 0.4) is 0 Å². The molecule has 2 aromatic carbocycles. The van der Waals surface area contributed by atoms with E-state index in [1.165, 1.54) is 24.0 Å². The largest absolute Gasteiger partial charge is 0.484 e. The third-order valence-electron chi connectivity index (χ3n) is 4.56. The van der Waals surface area contributed by atoms with E-state index >= 15 is 0 Å². The molecule has 0 radical (unpaired) electrons. The Hall–Kier alpha value is -2.29. The first-order valence-corrected chi connectivity index (χ1v) is 8.80. The molecule has 1 aliphatic rings. The zero-order chi connectivity index (χ0) is 16.8. The van der Waals surface area contributed by atoms with Crippen LogP contribution < -0.4 is 4.74 Å². The number of ether oxygens (including phenoxy) is 1. The van der Waals surface area contributed by atoms with Crippen molar-refractivity contribution in [2.75, 3.05) is 19.7 Å². The van der Waals surface area contributed by atoms with Crippen molar-refractivity contribution in [2.45, 2.75) is 32.6 Å². The highest BCUT2D eigenvalue weighted by molar-refractivity contribution is 5.77. The SMILES string of the molecule is Cc1ccc(-c2ccc(OCC(=O)N3CCCCCC3)cc2)cc1. The van der Waals surface area contributed by atoms with E-state index in [1.807, 2.05) is 29.2 Å². The Morgan fingerprint density at radius 3 is 2.00 bits per heavy atom. The summed E-state index contributed by atoms with van der Waals surface area (Å²) in [6.07, 6.45) is 4.67. The fraction of sp³-hybridized carbons (Fsp3) is 0.381.